The summed E-state index contributed by atoms with van der Waals surface area (Å²) in [6.45, 7) is 9.65. The highest BCUT2D eigenvalue weighted by atomic mass is 15.4. The minimum Gasteiger partial charge on any atom is -0.258 e. The van der Waals surface area contributed by atoms with E-state index in [9.17, 15) is 0 Å². The Kier molecular flexibility index (Phi) is 4.72. The Morgan fingerprint density at radius 2 is 1.78 bits per heavy atom. The normalized spacial score (nSPS) is 14.3. The third-order valence-corrected chi connectivity index (χ3v) is 1.51. The summed E-state index contributed by atoms with van der Waals surface area (Å²) in [5.74, 6) is 0.698. The molecular weight excluding hydrogens is 112 g/mol. The van der Waals surface area contributed by atoms with Gasteiger partial charge < -0.3 is 0 Å². The molecule has 56 valence electrons. The highest BCUT2D eigenvalue weighted by molar-refractivity contribution is 4.60. The number of hydrogen-bond donors (Lipinski definition) is 2. The fraction of sp³-hybridized carbons (Fsp3) is 1.00. The van der Waals surface area contributed by atoms with Crippen LogP contribution >= 0.6 is 0 Å². The smallest absolute Gasteiger partial charge is 0.0207 e. The van der Waals surface area contributed by atoms with E-state index in [1.54, 1.807) is 0 Å². The molecule has 0 amide bonds. The fourth-order valence-electron chi connectivity index (χ4n) is 0.430. The third-order valence-electron chi connectivity index (χ3n) is 1.51. The summed E-state index contributed by atoms with van der Waals surface area (Å²) in [5, 5.41) is 0. The lowest BCUT2D eigenvalue weighted by atomic mass is 10.1. The second-order valence-corrected chi connectivity index (χ2v) is 2.71. The Morgan fingerprint density at radius 3 is 2.11 bits per heavy atom. The molecule has 2 heteroatoms. The Hall–Kier alpha value is -0.0800. The van der Waals surface area contributed by atoms with Gasteiger partial charge in [0.2, 0.25) is 0 Å². The van der Waals surface area contributed by atoms with Gasteiger partial charge in [-0.05, 0) is 12.8 Å². The summed E-state index contributed by atoms with van der Waals surface area (Å²) in [6.07, 6.45) is 0. The number of hydrogen-bond acceptors (Lipinski definition) is 2. The monoisotopic (exact) mass is 130 g/mol. The van der Waals surface area contributed by atoms with Gasteiger partial charge in [-0.15, -0.1) is 0 Å². The second kappa shape index (κ2) is 4.77. The van der Waals surface area contributed by atoms with E-state index < -0.39 is 0 Å². The van der Waals surface area contributed by atoms with Gasteiger partial charge in [0.1, 0.15) is 0 Å². The molecule has 0 spiro atoms. The summed E-state index contributed by atoms with van der Waals surface area (Å²) in [6, 6.07) is 0.560. The molecule has 0 aliphatic heterocycles. The van der Waals surface area contributed by atoms with Gasteiger partial charge in [0, 0.05) is 12.6 Å². The van der Waals surface area contributed by atoms with E-state index in [-0.39, 0.29) is 0 Å². The van der Waals surface area contributed by atoms with Crippen molar-refractivity contribution in [2.24, 2.45) is 5.92 Å². The molecule has 0 unspecified atom stereocenters. The second-order valence-electron chi connectivity index (χ2n) is 2.71. The number of rotatable bonds is 4. The van der Waals surface area contributed by atoms with Crippen LogP contribution in [0.5, 0.6) is 0 Å². The average molecular weight is 130 g/mol. The molecule has 2 N–H and O–H groups in total. The first-order valence-corrected chi connectivity index (χ1v) is 3.66. The molecule has 1 atom stereocenters. The molecule has 0 fully saturated rings. The summed E-state index contributed by atoms with van der Waals surface area (Å²) >= 11 is 0. The van der Waals surface area contributed by atoms with Crippen molar-refractivity contribution < 1.29 is 0 Å². The molecule has 2 nitrogen and oxygen atoms in total. The van der Waals surface area contributed by atoms with Gasteiger partial charge in [0.15, 0.2) is 0 Å². The van der Waals surface area contributed by atoms with Gasteiger partial charge in [0.25, 0.3) is 0 Å². The van der Waals surface area contributed by atoms with Crippen molar-refractivity contribution in [3.8, 4) is 0 Å². The van der Waals surface area contributed by atoms with Crippen LogP contribution in [0.1, 0.15) is 27.7 Å². The standard InChI is InChI=1S/C7H18N2/c1-5-8-9-7(4)6(2)3/h6-9H,5H2,1-4H3/t7-/m1/s1. The molecule has 0 heterocycles. The maximum atomic E-state index is 3.18. The minimum atomic E-state index is 0.560. The zero-order valence-corrected chi connectivity index (χ0v) is 6.86. The van der Waals surface area contributed by atoms with Crippen LogP contribution in [0.4, 0.5) is 0 Å². The zero-order valence-electron chi connectivity index (χ0n) is 6.86. The highest BCUT2D eigenvalue weighted by Crippen LogP contribution is 1.97. The van der Waals surface area contributed by atoms with Crippen LogP contribution in [0.2, 0.25) is 0 Å². The molecule has 0 bridgehead atoms. The van der Waals surface area contributed by atoms with E-state index >= 15 is 0 Å². The molecular formula is C7H18N2. The van der Waals surface area contributed by atoms with Crippen LogP contribution in [-0.2, 0) is 0 Å². The molecule has 0 aliphatic rings. The van der Waals surface area contributed by atoms with Gasteiger partial charge in [-0.2, -0.15) is 0 Å². The minimum absolute atomic E-state index is 0.560. The number of nitrogens with one attached hydrogen (secondary N) is 2. The Labute approximate surface area is 58.0 Å². The van der Waals surface area contributed by atoms with Crippen LogP contribution in [0.15, 0.2) is 0 Å². The lowest BCUT2D eigenvalue weighted by Gasteiger charge is -2.16. The van der Waals surface area contributed by atoms with Crippen molar-refractivity contribution in [3.63, 3.8) is 0 Å². The van der Waals surface area contributed by atoms with Crippen LogP contribution < -0.4 is 10.9 Å². The Bertz CT molecular complexity index is 61.9. The van der Waals surface area contributed by atoms with Gasteiger partial charge in [-0.3, -0.25) is 10.9 Å². The molecule has 9 heavy (non-hydrogen) atoms. The lowest BCUT2D eigenvalue weighted by Crippen LogP contribution is -2.41. The first kappa shape index (κ1) is 8.92. The quantitative estimate of drug-likeness (QED) is 0.558. The van der Waals surface area contributed by atoms with E-state index in [2.05, 4.69) is 38.5 Å². The van der Waals surface area contributed by atoms with Crippen LogP contribution in [-0.4, -0.2) is 12.6 Å². The van der Waals surface area contributed by atoms with Gasteiger partial charge in [-0.25, -0.2) is 0 Å². The van der Waals surface area contributed by atoms with Crippen LogP contribution in [0.25, 0.3) is 0 Å². The SMILES string of the molecule is CCNN[C@H](C)C(C)C. The summed E-state index contributed by atoms with van der Waals surface area (Å²) in [4.78, 5) is 0. The highest BCUT2D eigenvalue weighted by Gasteiger charge is 2.03. The van der Waals surface area contributed by atoms with Gasteiger partial charge in [0.05, 0.1) is 0 Å². The van der Waals surface area contributed by atoms with Crippen LogP contribution in [0, 0.1) is 5.92 Å². The summed E-state index contributed by atoms with van der Waals surface area (Å²) in [5.41, 5.74) is 6.26. The molecule has 0 saturated carbocycles. The van der Waals surface area contributed by atoms with Crippen molar-refractivity contribution in [2.45, 2.75) is 33.7 Å². The van der Waals surface area contributed by atoms with Crippen molar-refractivity contribution in [1.82, 2.24) is 10.9 Å². The fourth-order valence-corrected chi connectivity index (χ4v) is 0.430. The predicted molar refractivity (Wildman–Crippen MR) is 41.1 cm³/mol. The number of hydrazine groups is 1. The third kappa shape index (κ3) is 4.43. The first-order chi connectivity index (χ1) is 4.18. The lowest BCUT2D eigenvalue weighted by molar-refractivity contribution is 0.377. The Morgan fingerprint density at radius 1 is 1.22 bits per heavy atom. The van der Waals surface area contributed by atoms with Crippen molar-refractivity contribution in [1.29, 1.82) is 0 Å². The largest absolute Gasteiger partial charge is 0.258 e. The molecule has 0 saturated heterocycles. The Balaban J connectivity index is 3.16. The van der Waals surface area contributed by atoms with E-state index in [4.69, 9.17) is 0 Å². The topological polar surface area (TPSA) is 24.1 Å². The van der Waals surface area contributed by atoms with Gasteiger partial charge >= 0.3 is 0 Å². The summed E-state index contributed by atoms with van der Waals surface area (Å²) in [7, 11) is 0. The van der Waals surface area contributed by atoms with Crippen molar-refractivity contribution >= 4 is 0 Å². The predicted octanol–water partition coefficient (Wildman–Crippen LogP) is 1.14. The van der Waals surface area contributed by atoms with Crippen LogP contribution in [0.3, 0.4) is 0 Å². The molecule has 0 rings (SSSR count). The summed E-state index contributed by atoms with van der Waals surface area (Å²) < 4.78 is 0. The van der Waals surface area contributed by atoms with E-state index in [0.717, 1.165) is 6.54 Å². The average Bonchev–Trinajstić information content (AvgIpc) is 1.82. The van der Waals surface area contributed by atoms with Crippen molar-refractivity contribution in [3.05, 3.63) is 0 Å². The molecule has 0 aromatic heterocycles. The molecule has 0 radical (unpaired) electrons. The van der Waals surface area contributed by atoms with E-state index in [0.29, 0.717) is 12.0 Å². The zero-order chi connectivity index (χ0) is 7.28. The maximum Gasteiger partial charge on any atom is 0.0207 e. The van der Waals surface area contributed by atoms with E-state index in [1.165, 1.54) is 0 Å². The van der Waals surface area contributed by atoms with Gasteiger partial charge in [-0.1, -0.05) is 20.8 Å². The first-order valence-electron chi connectivity index (χ1n) is 3.66. The molecule has 0 aromatic rings. The molecule has 0 aromatic carbocycles. The van der Waals surface area contributed by atoms with E-state index in [1.807, 2.05) is 0 Å². The molecule has 0 aliphatic carbocycles. The maximum absolute atomic E-state index is 3.18. The van der Waals surface area contributed by atoms with Crippen molar-refractivity contribution in [2.75, 3.05) is 6.54 Å².